The van der Waals surface area contributed by atoms with Crippen LogP contribution < -0.4 is 5.14 Å². The van der Waals surface area contributed by atoms with Crippen LogP contribution in [-0.4, -0.2) is 32.1 Å². The third-order valence-electron chi connectivity index (χ3n) is 4.89. The first kappa shape index (κ1) is 21.8. The monoisotopic (exact) mass is 402 g/mol. The average molecular weight is 403 g/mol. The van der Waals surface area contributed by atoms with E-state index in [0.717, 1.165) is 12.0 Å². The minimum absolute atomic E-state index is 0.00315. The molecule has 2 aromatic rings. The second kappa shape index (κ2) is 9.12. The van der Waals surface area contributed by atoms with Crippen molar-refractivity contribution in [2.45, 2.75) is 44.0 Å². The van der Waals surface area contributed by atoms with Crippen LogP contribution in [-0.2, 0) is 21.2 Å². The van der Waals surface area contributed by atoms with Crippen LogP contribution in [0.5, 0.6) is 0 Å². The van der Waals surface area contributed by atoms with Gasteiger partial charge in [-0.05, 0) is 36.6 Å². The highest BCUT2D eigenvalue weighted by molar-refractivity contribution is 7.89. The van der Waals surface area contributed by atoms with Crippen molar-refractivity contribution in [3.05, 3.63) is 65.2 Å². The molecule has 0 aliphatic rings. The molecule has 0 aliphatic heterocycles. The van der Waals surface area contributed by atoms with Gasteiger partial charge in [0.2, 0.25) is 15.9 Å². The summed E-state index contributed by atoms with van der Waals surface area (Å²) in [6, 6.07) is 13.3. The van der Waals surface area contributed by atoms with Gasteiger partial charge in [-0.3, -0.25) is 9.59 Å². The number of hydrogen-bond donors (Lipinski definition) is 1. The molecular weight excluding hydrogens is 376 g/mol. The van der Waals surface area contributed by atoms with Crippen LogP contribution in [0.15, 0.2) is 53.4 Å². The molecule has 7 heteroatoms. The molecule has 2 rings (SSSR count). The van der Waals surface area contributed by atoms with Crippen molar-refractivity contribution in [1.29, 1.82) is 0 Å². The third kappa shape index (κ3) is 5.50. The van der Waals surface area contributed by atoms with Crippen LogP contribution >= 0.6 is 0 Å². The second-order valence-corrected chi connectivity index (χ2v) is 8.33. The number of sulfonamides is 1. The van der Waals surface area contributed by atoms with Crippen molar-refractivity contribution in [2.75, 3.05) is 7.05 Å². The van der Waals surface area contributed by atoms with Crippen LogP contribution in [0.25, 0.3) is 0 Å². The van der Waals surface area contributed by atoms with Gasteiger partial charge in [0.15, 0.2) is 5.78 Å². The SMILES string of the molecule is CCc1ccc(C(=O)CCC(=O)N(C)C(C)c2cccc(S(N)(=O)=O)c2)cc1. The lowest BCUT2D eigenvalue weighted by Gasteiger charge is -2.25. The average Bonchev–Trinajstić information content (AvgIpc) is 2.70. The zero-order chi connectivity index (χ0) is 20.9. The number of aryl methyl sites for hydroxylation is 1. The Morgan fingerprint density at radius 2 is 1.71 bits per heavy atom. The first-order valence-corrected chi connectivity index (χ1v) is 10.7. The lowest BCUT2D eigenvalue weighted by molar-refractivity contribution is -0.131. The molecule has 0 aromatic heterocycles. The molecule has 1 atom stereocenters. The van der Waals surface area contributed by atoms with E-state index in [-0.39, 0.29) is 35.5 Å². The van der Waals surface area contributed by atoms with Crippen LogP contribution in [0.2, 0.25) is 0 Å². The summed E-state index contributed by atoms with van der Waals surface area (Å²) in [6.07, 6.45) is 1.12. The smallest absolute Gasteiger partial charge is 0.238 e. The summed E-state index contributed by atoms with van der Waals surface area (Å²) in [6.45, 7) is 3.84. The quantitative estimate of drug-likeness (QED) is 0.686. The fraction of sp³-hybridized carbons (Fsp3) is 0.333. The van der Waals surface area contributed by atoms with Gasteiger partial charge in [-0.15, -0.1) is 0 Å². The zero-order valence-corrected chi connectivity index (χ0v) is 17.2. The summed E-state index contributed by atoms with van der Waals surface area (Å²) in [5.41, 5.74) is 2.41. The molecule has 28 heavy (non-hydrogen) atoms. The normalized spacial score (nSPS) is 12.4. The predicted molar refractivity (Wildman–Crippen MR) is 108 cm³/mol. The number of carbonyl (C=O) groups excluding carboxylic acids is 2. The Kier molecular flexibility index (Phi) is 7.10. The van der Waals surface area contributed by atoms with Crippen LogP contribution in [0.1, 0.15) is 54.2 Å². The maximum absolute atomic E-state index is 12.5. The van der Waals surface area contributed by atoms with Crippen molar-refractivity contribution in [1.82, 2.24) is 4.90 Å². The highest BCUT2D eigenvalue weighted by Gasteiger charge is 2.20. The van der Waals surface area contributed by atoms with E-state index in [1.165, 1.54) is 17.0 Å². The highest BCUT2D eigenvalue weighted by atomic mass is 32.2. The molecule has 0 saturated heterocycles. The summed E-state index contributed by atoms with van der Waals surface area (Å²) in [5.74, 6) is -0.264. The first-order chi connectivity index (χ1) is 13.1. The van der Waals surface area contributed by atoms with Gasteiger partial charge in [-0.1, -0.05) is 43.3 Å². The van der Waals surface area contributed by atoms with Gasteiger partial charge < -0.3 is 4.90 Å². The van der Waals surface area contributed by atoms with E-state index < -0.39 is 10.0 Å². The minimum atomic E-state index is -3.81. The minimum Gasteiger partial charge on any atom is -0.339 e. The maximum Gasteiger partial charge on any atom is 0.238 e. The molecule has 0 fully saturated rings. The van der Waals surface area contributed by atoms with Crippen molar-refractivity contribution >= 4 is 21.7 Å². The van der Waals surface area contributed by atoms with E-state index in [4.69, 9.17) is 5.14 Å². The number of Topliss-reactive ketones (excluding diaryl/α,β-unsaturated/α-hetero) is 1. The van der Waals surface area contributed by atoms with Crippen molar-refractivity contribution < 1.29 is 18.0 Å². The van der Waals surface area contributed by atoms with Crippen molar-refractivity contribution in [2.24, 2.45) is 5.14 Å². The van der Waals surface area contributed by atoms with E-state index in [2.05, 4.69) is 0 Å². The Morgan fingerprint density at radius 3 is 2.29 bits per heavy atom. The van der Waals surface area contributed by atoms with E-state index in [1.807, 2.05) is 19.1 Å². The van der Waals surface area contributed by atoms with Crippen molar-refractivity contribution in [3.8, 4) is 0 Å². The third-order valence-corrected chi connectivity index (χ3v) is 5.80. The molecule has 1 unspecified atom stereocenters. The Hall–Kier alpha value is -2.51. The van der Waals surface area contributed by atoms with E-state index in [9.17, 15) is 18.0 Å². The molecular formula is C21H26N2O4S. The standard InChI is InChI=1S/C21H26N2O4S/c1-4-16-8-10-17(11-9-16)20(24)12-13-21(25)23(3)15(2)18-6-5-7-19(14-18)28(22,26)27/h5-11,14-15H,4,12-13H2,1-3H3,(H2,22,26,27). The van der Waals surface area contributed by atoms with E-state index in [0.29, 0.717) is 11.1 Å². The Bertz CT molecular complexity index is 953. The first-order valence-electron chi connectivity index (χ1n) is 9.14. The predicted octanol–water partition coefficient (Wildman–Crippen LogP) is 3.08. The van der Waals surface area contributed by atoms with Crippen LogP contribution in [0.3, 0.4) is 0 Å². The molecule has 2 N–H and O–H groups in total. The summed E-state index contributed by atoms with van der Waals surface area (Å²) >= 11 is 0. The fourth-order valence-corrected chi connectivity index (χ4v) is 3.43. The molecule has 6 nitrogen and oxygen atoms in total. The maximum atomic E-state index is 12.5. The summed E-state index contributed by atoms with van der Waals surface area (Å²) in [7, 11) is -2.17. The van der Waals surface area contributed by atoms with Crippen LogP contribution in [0.4, 0.5) is 0 Å². The fourth-order valence-electron chi connectivity index (χ4n) is 2.86. The Balaban J connectivity index is 2.00. The summed E-state index contributed by atoms with van der Waals surface area (Å²) in [5, 5.41) is 5.17. The van der Waals surface area contributed by atoms with Crippen molar-refractivity contribution in [3.63, 3.8) is 0 Å². The van der Waals surface area contributed by atoms with Gasteiger partial charge in [-0.25, -0.2) is 13.6 Å². The molecule has 2 aromatic carbocycles. The van der Waals surface area contributed by atoms with Gasteiger partial charge in [0, 0.05) is 25.5 Å². The van der Waals surface area contributed by atoms with Gasteiger partial charge in [0.25, 0.3) is 0 Å². The molecule has 1 amide bonds. The van der Waals surface area contributed by atoms with Crippen LogP contribution in [0, 0.1) is 0 Å². The number of amides is 1. The second-order valence-electron chi connectivity index (χ2n) is 6.77. The lowest BCUT2D eigenvalue weighted by atomic mass is 10.0. The van der Waals surface area contributed by atoms with Gasteiger partial charge in [0.05, 0.1) is 10.9 Å². The lowest BCUT2D eigenvalue weighted by Crippen LogP contribution is -2.30. The summed E-state index contributed by atoms with van der Waals surface area (Å²) in [4.78, 5) is 26.3. The van der Waals surface area contributed by atoms with Gasteiger partial charge in [-0.2, -0.15) is 0 Å². The number of nitrogens with zero attached hydrogens (tertiary/aromatic N) is 1. The van der Waals surface area contributed by atoms with Gasteiger partial charge in [0.1, 0.15) is 0 Å². The molecule has 150 valence electrons. The number of nitrogens with two attached hydrogens (primary N) is 1. The van der Waals surface area contributed by atoms with E-state index in [1.54, 1.807) is 38.2 Å². The number of ketones is 1. The number of primary sulfonamides is 1. The Morgan fingerprint density at radius 1 is 1.07 bits per heavy atom. The molecule has 0 radical (unpaired) electrons. The highest BCUT2D eigenvalue weighted by Crippen LogP contribution is 2.22. The molecule has 0 spiro atoms. The van der Waals surface area contributed by atoms with E-state index >= 15 is 0 Å². The largest absolute Gasteiger partial charge is 0.339 e. The number of rotatable bonds is 8. The number of benzene rings is 2. The topological polar surface area (TPSA) is 97.5 Å². The number of hydrogen-bond acceptors (Lipinski definition) is 4. The molecule has 0 bridgehead atoms. The number of carbonyl (C=O) groups is 2. The summed E-state index contributed by atoms with van der Waals surface area (Å²) < 4.78 is 23.0. The molecule has 0 heterocycles. The Labute approximate surface area is 166 Å². The molecule has 0 saturated carbocycles. The zero-order valence-electron chi connectivity index (χ0n) is 16.4. The molecule has 0 aliphatic carbocycles. The van der Waals surface area contributed by atoms with Gasteiger partial charge >= 0.3 is 0 Å².